The van der Waals surface area contributed by atoms with Gasteiger partial charge in [0, 0.05) is 24.1 Å². The topological polar surface area (TPSA) is 75.3 Å². The molecule has 0 aliphatic carbocycles. The summed E-state index contributed by atoms with van der Waals surface area (Å²) in [5, 5.41) is 5.09. The van der Waals surface area contributed by atoms with Crippen LogP contribution >= 0.6 is 0 Å². The first-order chi connectivity index (χ1) is 13.9. The van der Waals surface area contributed by atoms with Crippen LogP contribution in [0.5, 0.6) is 0 Å². The van der Waals surface area contributed by atoms with Gasteiger partial charge in [0.2, 0.25) is 17.7 Å². The van der Waals surface area contributed by atoms with E-state index in [9.17, 15) is 23.2 Å². The molecule has 0 spiro atoms. The van der Waals surface area contributed by atoms with E-state index in [0.29, 0.717) is 18.5 Å². The van der Waals surface area contributed by atoms with E-state index >= 15 is 0 Å². The molecular weight excluding hydrogens is 378 g/mol. The van der Waals surface area contributed by atoms with E-state index in [2.05, 4.69) is 10.6 Å². The molecule has 1 fully saturated rings. The highest BCUT2D eigenvalue weighted by molar-refractivity contribution is 6.03. The molecule has 0 radical (unpaired) electrons. The third kappa shape index (κ3) is 4.34. The summed E-state index contributed by atoms with van der Waals surface area (Å²) in [7, 11) is 0. The normalized spacial score (nSPS) is 19.0. The highest BCUT2D eigenvalue weighted by Gasteiger charge is 2.42. The van der Waals surface area contributed by atoms with Crippen LogP contribution in [0.4, 0.5) is 14.5 Å². The molecule has 1 aliphatic heterocycles. The van der Waals surface area contributed by atoms with Gasteiger partial charge < -0.3 is 5.32 Å². The van der Waals surface area contributed by atoms with Crippen molar-refractivity contribution in [3.8, 4) is 0 Å². The van der Waals surface area contributed by atoms with Crippen LogP contribution in [0.3, 0.4) is 0 Å². The fourth-order valence-electron chi connectivity index (χ4n) is 3.67. The van der Waals surface area contributed by atoms with Crippen LogP contribution in [0.1, 0.15) is 43.7 Å². The van der Waals surface area contributed by atoms with Gasteiger partial charge in [-0.3, -0.25) is 19.7 Å². The lowest BCUT2D eigenvalue weighted by molar-refractivity contribution is -0.138. The van der Waals surface area contributed by atoms with Gasteiger partial charge in [0.05, 0.1) is 5.41 Å². The number of halogens is 2. The monoisotopic (exact) mass is 400 g/mol. The Labute approximate surface area is 167 Å². The minimum atomic E-state index is -0.765. The minimum Gasteiger partial charge on any atom is -0.326 e. The minimum absolute atomic E-state index is 0.0461. The number of imide groups is 1. The molecule has 1 atom stereocenters. The van der Waals surface area contributed by atoms with Crippen molar-refractivity contribution < 1.29 is 23.2 Å². The number of amides is 3. The molecule has 3 amide bonds. The van der Waals surface area contributed by atoms with Gasteiger partial charge in [-0.15, -0.1) is 0 Å². The molecule has 0 saturated carbocycles. The molecule has 1 unspecified atom stereocenters. The summed E-state index contributed by atoms with van der Waals surface area (Å²) in [5.41, 5.74) is 0.419. The first-order valence-corrected chi connectivity index (χ1v) is 9.53. The number of rotatable bonds is 6. The summed E-state index contributed by atoms with van der Waals surface area (Å²) in [6.45, 7) is 1.90. The van der Waals surface area contributed by atoms with Crippen molar-refractivity contribution in [2.24, 2.45) is 0 Å². The number of hydrogen-bond donors (Lipinski definition) is 2. The second-order valence-corrected chi connectivity index (χ2v) is 7.14. The maximum atomic E-state index is 13.6. The van der Waals surface area contributed by atoms with Crippen molar-refractivity contribution in [2.45, 2.75) is 44.4 Å². The number of anilines is 1. The molecule has 1 aliphatic rings. The fourth-order valence-corrected chi connectivity index (χ4v) is 3.67. The van der Waals surface area contributed by atoms with E-state index in [1.165, 1.54) is 6.07 Å². The molecule has 3 rings (SSSR count). The third-order valence-electron chi connectivity index (χ3n) is 5.45. The SMILES string of the molecule is CCC1(c2ccc(NC(=O)CCc3c(F)cccc3F)cc2)CCC(=O)NC1=O. The zero-order chi connectivity index (χ0) is 21.0. The standard InChI is InChI=1S/C22H22F2N2O3/c1-2-22(13-12-20(28)26-21(22)29)14-6-8-15(9-7-14)25-19(27)11-10-16-17(23)4-3-5-18(16)24/h3-9H,2,10-13H2,1H3,(H,25,27)(H,26,28,29). The smallest absolute Gasteiger partial charge is 0.237 e. The summed E-state index contributed by atoms with van der Waals surface area (Å²) < 4.78 is 27.3. The molecule has 1 saturated heterocycles. The molecule has 1 heterocycles. The van der Waals surface area contributed by atoms with Crippen molar-refractivity contribution in [3.05, 3.63) is 65.2 Å². The lowest BCUT2D eigenvalue weighted by Gasteiger charge is -2.35. The summed E-state index contributed by atoms with van der Waals surface area (Å²) >= 11 is 0. The highest BCUT2D eigenvalue weighted by atomic mass is 19.1. The molecule has 7 heteroatoms. The Bertz CT molecular complexity index is 923. The highest BCUT2D eigenvalue weighted by Crippen LogP contribution is 2.36. The fraction of sp³-hybridized carbons (Fsp3) is 0.318. The first kappa shape index (κ1) is 20.6. The van der Waals surface area contributed by atoms with Crippen LogP contribution in [0, 0.1) is 11.6 Å². The quantitative estimate of drug-likeness (QED) is 0.728. The molecular formula is C22H22F2N2O3. The Morgan fingerprint density at radius 3 is 2.34 bits per heavy atom. The number of carbonyl (C=O) groups excluding carboxylic acids is 3. The number of hydrogen-bond acceptors (Lipinski definition) is 3. The zero-order valence-corrected chi connectivity index (χ0v) is 16.1. The zero-order valence-electron chi connectivity index (χ0n) is 16.1. The number of carbonyl (C=O) groups is 3. The Morgan fingerprint density at radius 2 is 1.76 bits per heavy atom. The molecule has 2 aromatic carbocycles. The van der Waals surface area contributed by atoms with Crippen molar-refractivity contribution in [3.63, 3.8) is 0 Å². The maximum absolute atomic E-state index is 13.6. The van der Waals surface area contributed by atoms with Crippen LogP contribution in [0.15, 0.2) is 42.5 Å². The molecule has 152 valence electrons. The van der Waals surface area contributed by atoms with Crippen molar-refractivity contribution in [2.75, 3.05) is 5.32 Å². The molecule has 5 nitrogen and oxygen atoms in total. The predicted molar refractivity (Wildman–Crippen MR) is 104 cm³/mol. The number of nitrogens with one attached hydrogen (secondary N) is 2. The van der Waals surface area contributed by atoms with E-state index in [1.807, 2.05) is 6.92 Å². The van der Waals surface area contributed by atoms with E-state index in [0.717, 1.165) is 17.7 Å². The molecule has 2 aromatic rings. The molecule has 0 aromatic heterocycles. The van der Waals surface area contributed by atoms with Crippen molar-refractivity contribution in [1.29, 1.82) is 0 Å². The summed E-state index contributed by atoms with van der Waals surface area (Å²) in [6, 6.07) is 10.5. The van der Waals surface area contributed by atoms with Crippen LogP contribution in [0.25, 0.3) is 0 Å². The van der Waals surface area contributed by atoms with Crippen LogP contribution in [-0.4, -0.2) is 17.7 Å². The van der Waals surface area contributed by atoms with E-state index in [-0.39, 0.29) is 42.5 Å². The summed E-state index contributed by atoms with van der Waals surface area (Å²) in [4.78, 5) is 36.0. The third-order valence-corrected chi connectivity index (χ3v) is 5.45. The Balaban J connectivity index is 1.65. The number of piperidine rings is 1. The molecule has 2 N–H and O–H groups in total. The Kier molecular flexibility index (Phi) is 6.06. The Hall–Kier alpha value is -3.09. The van der Waals surface area contributed by atoms with E-state index in [1.54, 1.807) is 24.3 Å². The van der Waals surface area contributed by atoms with Gasteiger partial charge in [0.1, 0.15) is 11.6 Å². The lowest BCUT2D eigenvalue weighted by Crippen LogP contribution is -2.51. The van der Waals surface area contributed by atoms with Gasteiger partial charge in [-0.05, 0) is 49.1 Å². The van der Waals surface area contributed by atoms with Gasteiger partial charge in [0.15, 0.2) is 0 Å². The Morgan fingerprint density at radius 1 is 1.10 bits per heavy atom. The second kappa shape index (κ2) is 8.51. The average molecular weight is 400 g/mol. The number of benzene rings is 2. The van der Waals surface area contributed by atoms with Gasteiger partial charge in [-0.2, -0.15) is 0 Å². The van der Waals surface area contributed by atoms with Crippen LogP contribution in [0.2, 0.25) is 0 Å². The van der Waals surface area contributed by atoms with E-state index < -0.39 is 17.0 Å². The van der Waals surface area contributed by atoms with E-state index in [4.69, 9.17) is 0 Å². The van der Waals surface area contributed by atoms with Gasteiger partial charge in [0.25, 0.3) is 0 Å². The summed E-state index contributed by atoms with van der Waals surface area (Å²) in [6.07, 6.45) is 1.16. The van der Waals surface area contributed by atoms with Crippen molar-refractivity contribution >= 4 is 23.4 Å². The lowest BCUT2D eigenvalue weighted by atomic mass is 9.72. The largest absolute Gasteiger partial charge is 0.326 e. The molecule has 0 bridgehead atoms. The maximum Gasteiger partial charge on any atom is 0.237 e. The molecule has 29 heavy (non-hydrogen) atoms. The van der Waals surface area contributed by atoms with Crippen LogP contribution in [-0.2, 0) is 26.2 Å². The van der Waals surface area contributed by atoms with Gasteiger partial charge >= 0.3 is 0 Å². The van der Waals surface area contributed by atoms with Crippen molar-refractivity contribution in [1.82, 2.24) is 5.32 Å². The summed E-state index contributed by atoms with van der Waals surface area (Å²) in [5.74, 6) is -2.28. The van der Waals surface area contributed by atoms with Gasteiger partial charge in [-0.25, -0.2) is 8.78 Å². The average Bonchev–Trinajstić information content (AvgIpc) is 2.69. The van der Waals surface area contributed by atoms with Gasteiger partial charge in [-0.1, -0.05) is 25.1 Å². The predicted octanol–water partition coefficient (Wildman–Crippen LogP) is 3.62. The first-order valence-electron chi connectivity index (χ1n) is 9.53. The van der Waals surface area contributed by atoms with Crippen LogP contribution < -0.4 is 10.6 Å². The second-order valence-electron chi connectivity index (χ2n) is 7.14.